The van der Waals surface area contributed by atoms with Crippen LogP contribution in [0.2, 0.25) is 0 Å². The van der Waals surface area contributed by atoms with Gasteiger partial charge >= 0.3 is 0 Å². The number of carbonyl (C=O) groups is 3. The van der Waals surface area contributed by atoms with Gasteiger partial charge in [-0.15, -0.1) is 0 Å². The summed E-state index contributed by atoms with van der Waals surface area (Å²) in [6.07, 6.45) is 0. The number of aliphatic hydroxyl groups excluding tert-OH is 1. The van der Waals surface area contributed by atoms with Crippen molar-refractivity contribution in [1.29, 1.82) is 0 Å². The molecule has 27 heavy (non-hydrogen) atoms. The van der Waals surface area contributed by atoms with Crippen LogP contribution in [0, 0.1) is 0 Å². The number of phenolic OH excluding ortho intramolecular Hbond substituents is 3. The molecule has 3 aromatic carbocycles. The zero-order valence-electron chi connectivity index (χ0n) is 13.7. The molecule has 0 aromatic heterocycles. The van der Waals surface area contributed by atoms with Crippen LogP contribution in [-0.4, -0.2) is 44.4 Å². The minimum absolute atomic E-state index is 0.00435. The van der Waals surface area contributed by atoms with Gasteiger partial charge in [0.05, 0.1) is 16.7 Å². The quantitative estimate of drug-likeness (QED) is 0.315. The Morgan fingerprint density at radius 1 is 0.815 bits per heavy atom. The highest BCUT2D eigenvalue weighted by atomic mass is 16.3. The van der Waals surface area contributed by atoms with E-state index in [9.17, 15) is 29.7 Å². The maximum atomic E-state index is 12.9. The highest BCUT2D eigenvalue weighted by molar-refractivity contribution is 6.33. The Morgan fingerprint density at radius 3 is 2.19 bits per heavy atom. The third-order valence-electron chi connectivity index (χ3n) is 4.69. The number of aromatic hydroxyl groups is 3. The van der Waals surface area contributed by atoms with Crippen LogP contribution in [-0.2, 0) is 0 Å². The van der Waals surface area contributed by atoms with Crippen molar-refractivity contribution >= 4 is 28.1 Å². The molecule has 0 fully saturated rings. The number of fused-ring (bicyclic) bond motifs is 3. The van der Waals surface area contributed by atoms with Gasteiger partial charge in [0.25, 0.3) is 0 Å². The molecule has 7 heteroatoms. The van der Waals surface area contributed by atoms with Crippen molar-refractivity contribution in [2.45, 2.75) is 0 Å². The van der Waals surface area contributed by atoms with Gasteiger partial charge in [-0.05, 0) is 18.2 Å². The fourth-order valence-electron chi connectivity index (χ4n) is 3.39. The standard InChI is InChI=1S/C20H12O7/c21-7-13(23)8-4-5-9-11(6-8)19(26)15-16(17(9)24)20(27)14-10(18(15)25)2-1-3-12(14)22/h1-6,21-22,24,26H,7H2. The summed E-state index contributed by atoms with van der Waals surface area (Å²) in [6, 6.07) is 7.85. The number of phenols is 3. The van der Waals surface area contributed by atoms with Crippen LogP contribution in [0.5, 0.6) is 17.2 Å². The van der Waals surface area contributed by atoms with Crippen molar-refractivity contribution in [2.24, 2.45) is 0 Å². The van der Waals surface area contributed by atoms with E-state index in [1.54, 1.807) is 0 Å². The Labute approximate surface area is 151 Å². The van der Waals surface area contributed by atoms with E-state index < -0.39 is 52.3 Å². The van der Waals surface area contributed by atoms with Crippen LogP contribution in [0.1, 0.15) is 42.2 Å². The number of carbonyl (C=O) groups excluding carboxylic acids is 3. The summed E-state index contributed by atoms with van der Waals surface area (Å²) in [5.41, 5.74) is -1.05. The lowest BCUT2D eigenvalue weighted by Crippen LogP contribution is -2.21. The molecular weight excluding hydrogens is 352 g/mol. The first-order valence-corrected chi connectivity index (χ1v) is 7.94. The second kappa shape index (κ2) is 5.65. The second-order valence-corrected chi connectivity index (χ2v) is 6.15. The molecule has 0 amide bonds. The molecular formula is C20H12O7. The molecule has 0 saturated carbocycles. The van der Waals surface area contributed by atoms with Gasteiger partial charge in [-0.1, -0.05) is 18.2 Å². The summed E-state index contributed by atoms with van der Waals surface area (Å²) >= 11 is 0. The minimum atomic E-state index is -0.789. The van der Waals surface area contributed by atoms with E-state index in [4.69, 9.17) is 5.11 Å². The Balaban J connectivity index is 2.10. The van der Waals surface area contributed by atoms with E-state index in [-0.39, 0.29) is 27.5 Å². The van der Waals surface area contributed by atoms with Crippen molar-refractivity contribution in [1.82, 2.24) is 0 Å². The summed E-state index contributed by atoms with van der Waals surface area (Å²) in [4.78, 5) is 37.4. The first-order chi connectivity index (χ1) is 12.9. The van der Waals surface area contributed by atoms with Gasteiger partial charge in [0, 0.05) is 21.9 Å². The van der Waals surface area contributed by atoms with Gasteiger partial charge < -0.3 is 20.4 Å². The van der Waals surface area contributed by atoms with Crippen LogP contribution in [0.4, 0.5) is 0 Å². The van der Waals surface area contributed by atoms with Gasteiger partial charge in [-0.2, -0.15) is 0 Å². The number of Topliss-reactive ketones (excluding diaryl/α,β-unsaturated/α-hetero) is 1. The molecule has 0 unspecified atom stereocenters. The second-order valence-electron chi connectivity index (χ2n) is 6.15. The largest absolute Gasteiger partial charge is 0.507 e. The third-order valence-corrected chi connectivity index (χ3v) is 4.69. The maximum Gasteiger partial charge on any atom is 0.202 e. The van der Waals surface area contributed by atoms with Gasteiger partial charge in [0.1, 0.15) is 23.9 Å². The first kappa shape index (κ1) is 16.7. The summed E-state index contributed by atoms with van der Waals surface area (Å²) in [5.74, 6) is -3.62. The number of hydrogen-bond acceptors (Lipinski definition) is 7. The van der Waals surface area contributed by atoms with Crippen LogP contribution in [0.15, 0.2) is 36.4 Å². The molecule has 0 spiro atoms. The molecule has 0 radical (unpaired) electrons. The Bertz CT molecular complexity index is 1190. The molecule has 1 aliphatic carbocycles. The topological polar surface area (TPSA) is 132 Å². The van der Waals surface area contributed by atoms with E-state index >= 15 is 0 Å². The number of benzene rings is 3. The van der Waals surface area contributed by atoms with Crippen molar-refractivity contribution in [2.75, 3.05) is 6.61 Å². The third kappa shape index (κ3) is 2.15. The summed E-state index contributed by atoms with van der Waals surface area (Å²) in [7, 11) is 0. The molecule has 4 N–H and O–H groups in total. The van der Waals surface area contributed by atoms with Crippen molar-refractivity contribution in [3.8, 4) is 17.2 Å². The molecule has 134 valence electrons. The lowest BCUT2D eigenvalue weighted by molar-refractivity contribution is 0.0903. The Kier molecular flexibility index (Phi) is 3.50. The summed E-state index contributed by atoms with van der Waals surface area (Å²) in [6.45, 7) is -0.743. The van der Waals surface area contributed by atoms with E-state index in [2.05, 4.69) is 0 Å². The molecule has 4 rings (SSSR count). The van der Waals surface area contributed by atoms with Gasteiger partial charge in [0.2, 0.25) is 5.78 Å². The van der Waals surface area contributed by atoms with Gasteiger partial charge in [-0.25, -0.2) is 0 Å². The predicted molar refractivity (Wildman–Crippen MR) is 93.7 cm³/mol. The highest BCUT2D eigenvalue weighted by Gasteiger charge is 2.37. The fourth-order valence-corrected chi connectivity index (χ4v) is 3.39. The highest BCUT2D eigenvalue weighted by Crippen LogP contribution is 2.45. The molecule has 3 aromatic rings. The van der Waals surface area contributed by atoms with Crippen LogP contribution < -0.4 is 0 Å². The fraction of sp³-hybridized carbons (Fsp3) is 0.0500. The first-order valence-electron chi connectivity index (χ1n) is 7.94. The van der Waals surface area contributed by atoms with Crippen molar-refractivity contribution < 1.29 is 34.8 Å². The number of hydrogen-bond donors (Lipinski definition) is 4. The lowest BCUT2D eigenvalue weighted by atomic mass is 9.81. The zero-order chi connectivity index (χ0) is 19.5. The predicted octanol–water partition coefficient (Wildman–Crippen LogP) is 1.91. The number of rotatable bonds is 2. The van der Waals surface area contributed by atoms with Gasteiger partial charge in [-0.3, -0.25) is 14.4 Å². The van der Waals surface area contributed by atoms with E-state index in [0.29, 0.717) is 0 Å². The Morgan fingerprint density at radius 2 is 1.48 bits per heavy atom. The van der Waals surface area contributed by atoms with E-state index in [0.717, 1.165) is 0 Å². The summed E-state index contributed by atoms with van der Waals surface area (Å²) in [5, 5.41) is 40.3. The molecule has 0 aliphatic heterocycles. The number of aliphatic hydroxyl groups is 1. The molecule has 0 atom stereocenters. The Hall–Kier alpha value is -3.71. The molecule has 1 aliphatic rings. The van der Waals surface area contributed by atoms with Crippen LogP contribution >= 0.6 is 0 Å². The molecule has 0 saturated heterocycles. The maximum absolute atomic E-state index is 12.9. The summed E-state index contributed by atoms with van der Waals surface area (Å²) < 4.78 is 0. The van der Waals surface area contributed by atoms with E-state index in [1.807, 2.05) is 0 Å². The average Bonchev–Trinajstić information content (AvgIpc) is 2.67. The molecule has 7 nitrogen and oxygen atoms in total. The monoisotopic (exact) mass is 364 g/mol. The average molecular weight is 364 g/mol. The molecule has 0 bridgehead atoms. The lowest BCUT2D eigenvalue weighted by Gasteiger charge is -2.21. The van der Waals surface area contributed by atoms with Crippen LogP contribution in [0.25, 0.3) is 10.8 Å². The smallest absolute Gasteiger partial charge is 0.202 e. The van der Waals surface area contributed by atoms with Crippen LogP contribution in [0.3, 0.4) is 0 Å². The minimum Gasteiger partial charge on any atom is -0.507 e. The zero-order valence-corrected chi connectivity index (χ0v) is 13.7. The van der Waals surface area contributed by atoms with Gasteiger partial charge in [0.15, 0.2) is 11.6 Å². The number of ketones is 3. The molecule has 0 heterocycles. The van der Waals surface area contributed by atoms with E-state index in [1.165, 1.54) is 36.4 Å². The SMILES string of the molecule is O=C(CO)c1ccc2c(O)c3c(c(O)c2c1)C(=O)c1cccc(O)c1C3=O. The van der Waals surface area contributed by atoms with Crippen molar-refractivity contribution in [3.05, 3.63) is 64.2 Å². The van der Waals surface area contributed by atoms with Crippen molar-refractivity contribution in [3.63, 3.8) is 0 Å². The normalized spacial score (nSPS) is 12.8.